The monoisotopic (exact) mass is 277 g/mol. The SMILES string of the molecule is CCC(CBr)Cn1c(C)c(C)sc1=O. The molecule has 0 bridgehead atoms. The van der Waals surface area contributed by atoms with E-state index in [1.165, 1.54) is 11.3 Å². The van der Waals surface area contributed by atoms with E-state index < -0.39 is 0 Å². The molecule has 1 rings (SSSR count). The van der Waals surface area contributed by atoms with Gasteiger partial charge in [-0.15, -0.1) is 0 Å². The molecule has 1 heterocycles. The van der Waals surface area contributed by atoms with Gasteiger partial charge in [-0.3, -0.25) is 4.79 Å². The maximum absolute atomic E-state index is 11.6. The maximum atomic E-state index is 11.6. The summed E-state index contributed by atoms with van der Waals surface area (Å²) in [5.41, 5.74) is 1.12. The quantitative estimate of drug-likeness (QED) is 0.776. The van der Waals surface area contributed by atoms with Gasteiger partial charge in [0.15, 0.2) is 0 Å². The summed E-state index contributed by atoms with van der Waals surface area (Å²) >= 11 is 4.83. The Morgan fingerprint density at radius 3 is 2.50 bits per heavy atom. The number of hydrogen-bond donors (Lipinski definition) is 0. The Labute approximate surface area is 97.1 Å². The van der Waals surface area contributed by atoms with E-state index in [4.69, 9.17) is 0 Å². The van der Waals surface area contributed by atoms with E-state index in [1.54, 1.807) is 0 Å². The zero-order valence-corrected chi connectivity index (χ0v) is 11.2. The fraction of sp³-hybridized carbons (Fsp3) is 0.700. The van der Waals surface area contributed by atoms with Crippen LogP contribution in [-0.4, -0.2) is 9.90 Å². The van der Waals surface area contributed by atoms with Crippen LogP contribution in [0, 0.1) is 19.8 Å². The molecule has 0 aromatic carbocycles. The second-order valence-corrected chi connectivity index (χ2v) is 5.36. The highest BCUT2D eigenvalue weighted by molar-refractivity contribution is 9.09. The zero-order valence-electron chi connectivity index (χ0n) is 8.84. The lowest BCUT2D eigenvalue weighted by molar-refractivity contribution is 0.468. The fourth-order valence-corrected chi connectivity index (χ4v) is 2.85. The molecule has 0 amide bonds. The second kappa shape index (κ2) is 5.12. The molecule has 80 valence electrons. The Kier molecular flexibility index (Phi) is 4.38. The molecule has 0 radical (unpaired) electrons. The summed E-state index contributed by atoms with van der Waals surface area (Å²) in [6.45, 7) is 7.03. The number of hydrogen-bond acceptors (Lipinski definition) is 2. The first kappa shape index (κ1) is 12.0. The van der Waals surface area contributed by atoms with Crippen LogP contribution in [0.2, 0.25) is 0 Å². The molecule has 0 aliphatic carbocycles. The fourth-order valence-electron chi connectivity index (χ4n) is 1.34. The summed E-state index contributed by atoms with van der Waals surface area (Å²) in [6.07, 6.45) is 1.10. The lowest BCUT2D eigenvalue weighted by Gasteiger charge is -2.12. The smallest absolute Gasteiger partial charge is 0.303 e. The van der Waals surface area contributed by atoms with Crippen molar-refractivity contribution in [2.45, 2.75) is 33.7 Å². The Morgan fingerprint density at radius 2 is 2.14 bits per heavy atom. The molecule has 1 aromatic heterocycles. The highest BCUT2D eigenvalue weighted by Crippen LogP contribution is 2.14. The molecule has 14 heavy (non-hydrogen) atoms. The molecule has 0 saturated carbocycles. The molecule has 1 aromatic rings. The summed E-state index contributed by atoms with van der Waals surface area (Å²) in [7, 11) is 0. The largest absolute Gasteiger partial charge is 0.307 e. The van der Waals surface area contributed by atoms with Crippen molar-refractivity contribution in [1.82, 2.24) is 4.57 Å². The number of halogens is 1. The predicted molar refractivity (Wildman–Crippen MR) is 65.6 cm³/mol. The minimum atomic E-state index is 0.180. The summed E-state index contributed by atoms with van der Waals surface area (Å²) in [4.78, 5) is 12.9. The summed E-state index contributed by atoms with van der Waals surface area (Å²) in [5, 5.41) is 0.963. The van der Waals surface area contributed by atoms with Crippen molar-refractivity contribution < 1.29 is 0 Å². The van der Waals surface area contributed by atoms with Crippen LogP contribution < -0.4 is 4.87 Å². The molecule has 0 spiro atoms. The number of nitrogens with zero attached hydrogens (tertiary/aromatic N) is 1. The highest BCUT2D eigenvalue weighted by Gasteiger charge is 2.11. The molecular formula is C10H16BrNOS. The van der Waals surface area contributed by atoms with Gasteiger partial charge in [0.2, 0.25) is 0 Å². The van der Waals surface area contributed by atoms with Gasteiger partial charge in [0.25, 0.3) is 0 Å². The molecule has 4 heteroatoms. The van der Waals surface area contributed by atoms with E-state index in [9.17, 15) is 4.79 Å². The van der Waals surface area contributed by atoms with Gasteiger partial charge in [0.1, 0.15) is 0 Å². The average Bonchev–Trinajstić information content (AvgIpc) is 2.40. The molecule has 1 atom stereocenters. The third-order valence-electron chi connectivity index (χ3n) is 2.61. The topological polar surface area (TPSA) is 22.0 Å². The van der Waals surface area contributed by atoms with Crippen molar-refractivity contribution in [3.8, 4) is 0 Å². The Balaban J connectivity index is 2.90. The molecule has 0 N–H and O–H groups in total. The summed E-state index contributed by atoms with van der Waals surface area (Å²) in [6, 6.07) is 0. The van der Waals surface area contributed by atoms with Crippen molar-refractivity contribution in [2.75, 3.05) is 5.33 Å². The lowest BCUT2D eigenvalue weighted by Crippen LogP contribution is -2.21. The molecule has 1 unspecified atom stereocenters. The first-order valence-corrected chi connectivity index (χ1v) is 6.76. The molecule has 0 fully saturated rings. The second-order valence-electron chi connectivity index (χ2n) is 3.55. The Bertz CT molecular complexity index is 351. The minimum absolute atomic E-state index is 0.180. The van der Waals surface area contributed by atoms with Crippen LogP contribution in [-0.2, 0) is 6.54 Å². The van der Waals surface area contributed by atoms with E-state index in [0.29, 0.717) is 5.92 Å². The molecule has 0 aliphatic heterocycles. The minimum Gasteiger partial charge on any atom is -0.303 e. The van der Waals surface area contributed by atoms with Crippen molar-refractivity contribution in [2.24, 2.45) is 5.92 Å². The van der Waals surface area contributed by atoms with Crippen LogP contribution in [0.25, 0.3) is 0 Å². The highest BCUT2D eigenvalue weighted by atomic mass is 79.9. The summed E-state index contributed by atoms with van der Waals surface area (Å²) in [5.74, 6) is 0.556. The van der Waals surface area contributed by atoms with E-state index >= 15 is 0 Å². The van der Waals surface area contributed by atoms with Crippen LogP contribution in [0.5, 0.6) is 0 Å². The van der Waals surface area contributed by atoms with Crippen molar-refractivity contribution in [3.05, 3.63) is 20.2 Å². The van der Waals surface area contributed by atoms with E-state index in [1.807, 2.05) is 18.4 Å². The van der Waals surface area contributed by atoms with E-state index in [-0.39, 0.29) is 4.87 Å². The van der Waals surface area contributed by atoms with E-state index in [0.717, 1.165) is 28.9 Å². The van der Waals surface area contributed by atoms with Gasteiger partial charge in [-0.2, -0.15) is 0 Å². The first-order chi connectivity index (χ1) is 6.60. The number of aromatic nitrogens is 1. The Hall–Kier alpha value is -0.0900. The van der Waals surface area contributed by atoms with Crippen molar-refractivity contribution in [3.63, 3.8) is 0 Å². The van der Waals surface area contributed by atoms with E-state index in [2.05, 4.69) is 22.9 Å². The van der Waals surface area contributed by atoms with Gasteiger partial charge in [0, 0.05) is 22.4 Å². The maximum Gasteiger partial charge on any atom is 0.307 e. The van der Waals surface area contributed by atoms with Crippen molar-refractivity contribution >= 4 is 27.3 Å². The average molecular weight is 278 g/mol. The third kappa shape index (κ3) is 2.48. The van der Waals surface area contributed by atoms with Gasteiger partial charge >= 0.3 is 4.87 Å². The summed E-state index contributed by atoms with van der Waals surface area (Å²) < 4.78 is 1.90. The van der Waals surface area contributed by atoms with Gasteiger partial charge in [-0.1, -0.05) is 40.6 Å². The lowest BCUT2D eigenvalue weighted by atomic mass is 10.1. The van der Waals surface area contributed by atoms with Gasteiger partial charge in [0.05, 0.1) is 0 Å². The molecule has 2 nitrogen and oxygen atoms in total. The molecule has 0 saturated heterocycles. The van der Waals surface area contributed by atoms with Gasteiger partial charge < -0.3 is 4.57 Å². The molecule has 0 aliphatic rings. The Morgan fingerprint density at radius 1 is 1.50 bits per heavy atom. The third-order valence-corrected chi connectivity index (χ3v) is 4.52. The molecular weight excluding hydrogens is 262 g/mol. The number of aryl methyl sites for hydroxylation is 1. The van der Waals surface area contributed by atoms with Crippen LogP contribution in [0.4, 0.5) is 0 Å². The van der Waals surface area contributed by atoms with Gasteiger partial charge in [-0.05, 0) is 19.8 Å². The normalized spacial score (nSPS) is 13.1. The van der Waals surface area contributed by atoms with Crippen LogP contribution >= 0.6 is 27.3 Å². The standard InChI is InChI=1S/C10H16BrNOS/c1-4-9(5-11)6-12-7(2)8(3)14-10(12)13/h9H,4-6H2,1-3H3. The predicted octanol–water partition coefficient (Wildman–Crippen LogP) is 2.95. The van der Waals surface area contributed by atoms with Gasteiger partial charge in [-0.25, -0.2) is 0 Å². The zero-order chi connectivity index (χ0) is 10.7. The first-order valence-electron chi connectivity index (χ1n) is 4.82. The number of rotatable bonds is 4. The van der Waals surface area contributed by atoms with Crippen LogP contribution in [0.3, 0.4) is 0 Å². The number of thiazole rings is 1. The number of alkyl halides is 1. The van der Waals surface area contributed by atoms with Crippen molar-refractivity contribution in [1.29, 1.82) is 0 Å². The van der Waals surface area contributed by atoms with Crippen LogP contribution in [0.15, 0.2) is 4.79 Å². The van der Waals surface area contributed by atoms with Crippen LogP contribution in [0.1, 0.15) is 23.9 Å².